The molecule has 8 heteroatoms. The van der Waals surface area contributed by atoms with Gasteiger partial charge in [-0.25, -0.2) is 9.07 Å². The highest BCUT2D eigenvalue weighted by Crippen LogP contribution is 2.32. The molecule has 0 amide bonds. The molecule has 0 radical (unpaired) electrons. The molecule has 2 heterocycles. The van der Waals surface area contributed by atoms with E-state index < -0.39 is 17.6 Å². The van der Waals surface area contributed by atoms with Gasteiger partial charge in [0.05, 0.1) is 23.0 Å². The molecule has 1 aliphatic rings. The normalized spacial score (nSPS) is 16.0. The molecule has 142 valence electrons. The molecule has 3 aromatic rings. The zero-order valence-electron chi connectivity index (χ0n) is 14.3. The van der Waals surface area contributed by atoms with Crippen molar-refractivity contribution in [3.05, 3.63) is 54.0 Å². The van der Waals surface area contributed by atoms with Crippen LogP contribution in [0.4, 0.5) is 17.6 Å². The highest BCUT2D eigenvalue weighted by atomic mass is 19.4. The Kier molecular flexibility index (Phi) is 4.51. The minimum absolute atomic E-state index is 0.0586. The van der Waals surface area contributed by atoms with Crippen molar-refractivity contribution in [2.45, 2.75) is 25.1 Å². The van der Waals surface area contributed by atoms with Crippen LogP contribution in [0.1, 0.15) is 18.4 Å². The Labute approximate surface area is 152 Å². The van der Waals surface area contributed by atoms with Gasteiger partial charge in [0, 0.05) is 11.5 Å². The van der Waals surface area contributed by atoms with E-state index in [9.17, 15) is 17.6 Å². The van der Waals surface area contributed by atoms with Gasteiger partial charge in [0.15, 0.2) is 11.6 Å². The zero-order valence-corrected chi connectivity index (χ0v) is 14.3. The summed E-state index contributed by atoms with van der Waals surface area (Å²) in [7, 11) is 0. The number of hydrogen-bond acceptors (Lipinski definition) is 3. The number of hydrogen-bond donors (Lipinski definition) is 1. The van der Waals surface area contributed by atoms with Crippen molar-refractivity contribution in [2.24, 2.45) is 0 Å². The average Bonchev–Trinajstić information content (AvgIpc) is 3.05. The van der Waals surface area contributed by atoms with Crippen molar-refractivity contribution < 1.29 is 22.3 Å². The summed E-state index contributed by atoms with van der Waals surface area (Å²) in [4.78, 5) is 0. The molecule has 4 rings (SSSR count). The Morgan fingerprint density at radius 2 is 1.89 bits per heavy atom. The number of fused-ring (bicyclic) bond motifs is 1. The molecule has 1 fully saturated rings. The fourth-order valence-corrected chi connectivity index (χ4v) is 3.23. The quantitative estimate of drug-likeness (QED) is 0.689. The van der Waals surface area contributed by atoms with E-state index in [-0.39, 0.29) is 17.5 Å². The first kappa shape index (κ1) is 17.8. The van der Waals surface area contributed by atoms with Crippen LogP contribution in [-0.2, 0) is 6.18 Å². The van der Waals surface area contributed by atoms with Crippen LogP contribution in [-0.4, -0.2) is 29.0 Å². The number of ether oxygens (including phenoxy) is 1. The topological polar surface area (TPSA) is 39.1 Å². The first-order valence-corrected chi connectivity index (χ1v) is 8.64. The summed E-state index contributed by atoms with van der Waals surface area (Å²) in [5.41, 5.74) is -0.189. The molecule has 0 bridgehead atoms. The minimum atomic E-state index is -4.46. The van der Waals surface area contributed by atoms with Gasteiger partial charge in [-0.3, -0.25) is 0 Å². The molecule has 27 heavy (non-hydrogen) atoms. The van der Waals surface area contributed by atoms with Crippen LogP contribution in [0.5, 0.6) is 5.75 Å². The van der Waals surface area contributed by atoms with Crippen LogP contribution in [0.25, 0.3) is 16.6 Å². The van der Waals surface area contributed by atoms with E-state index in [1.165, 1.54) is 29.1 Å². The molecule has 0 atom stereocenters. The number of alkyl halides is 3. The summed E-state index contributed by atoms with van der Waals surface area (Å²) in [6.07, 6.45) is -1.44. The van der Waals surface area contributed by atoms with Crippen molar-refractivity contribution in [2.75, 3.05) is 13.1 Å². The Hall–Kier alpha value is -2.61. The predicted molar refractivity (Wildman–Crippen MR) is 92.5 cm³/mol. The molecular weight excluding hydrogens is 362 g/mol. The van der Waals surface area contributed by atoms with Crippen LogP contribution >= 0.6 is 0 Å². The summed E-state index contributed by atoms with van der Waals surface area (Å²) in [5, 5.41) is 7.94. The Balaban J connectivity index is 1.69. The third-order valence-corrected chi connectivity index (χ3v) is 4.62. The summed E-state index contributed by atoms with van der Waals surface area (Å²) in [6, 6.07) is 7.57. The lowest BCUT2D eigenvalue weighted by Gasteiger charge is -2.24. The van der Waals surface area contributed by atoms with Gasteiger partial charge in [0.25, 0.3) is 0 Å². The van der Waals surface area contributed by atoms with Gasteiger partial charge in [-0.1, -0.05) is 6.07 Å². The molecular formula is C19H17F4N3O. The van der Waals surface area contributed by atoms with E-state index in [0.717, 1.165) is 38.1 Å². The monoisotopic (exact) mass is 379 g/mol. The maximum Gasteiger partial charge on any atom is 0.416 e. The molecule has 0 saturated carbocycles. The molecule has 1 N–H and O–H groups in total. The van der Waals surface area contributed by atoms with Gasteiger partial charge in [-0.05, 0) is 50.2 Å². The largest absolute Gasteiger partial charge is 0.487 e. The van der Waals surface area contributed by atoms with Crippen LogP contribution < -0.4 is 10.1 Å². The smallest absolute Gasteiger partial charge is 0.416 e. The highest BCUT2D eigenvalue weighted by Gasteiger charge is 2.30. The van der Waals surface area contributed by atoms with Crippen molar-refractivity contribution in [1.82, 2.24) is 15.1 Å². The third-order valence-electron chi connectivity index (χ3n) is 4.62. The summed E-state index contributed by atoms with van der Waals surface area (Å²) in [5.74, 6) is -0.423. The molecule has 1 saturated heterocycles. The van der Waals surface area contributed by atoms with Crippen molar-refractivity contribution in [1.29, 1.82) is 0 Å². The Morgan fingerprint density at radius 3 is 2.63 bits per heavy atom. The summed E-state index contributed by atoms with van der Waals surface area (Å²) in [6.45, 7) is 1.64. The Morgan fingerprint density at radius 1 is 1.11 bits per heavy atom. The van der Waals surface area contributed by atoms with Crippen LogP contribution in [0.3, 0.4) is 0 Å². The van der Waals surface area contributed by atoms with Crippen LogP contribution in [0, 0.1) is 5.82 Å². The average molecular weight is 379 g/mol. The number of nitrogens with zero attached hydrogens (tertiary/aromatic N) is 2. The second-order valence-corrected chi connectivity index (χ2v) is 6.51. The van der Waals surface area contributed by atoms with Crippen LogP contribution in [0.2, 0.25) is 0 Å². The van der Waals surface area contributed by atoms with E-state index in [0.29, 0.717) is 10.9 Å². The fraction of sp³-hybridized carbons (Fsp3) is 0.316. The maximum atomic E-state index is 14.6. The van der Waals surface area contributed by atoms with E-state index in [1.807, 2.05) is 0 Å². The number of nitrogens with one attached hydrogen (secondary N) is 1. The summed E-state index contributed by atoms with van der Waals surface area (Å²) >= 11 is 0. The minimum Gasteiger partial charge on any atom is -0.487 e. The Bertz CT molecular complexity index is 961. The van der Waals surface area contributed by atoms with Crippen LogP contribution in [0.15, 0.2) is 42.6 Å². The number of piperidine rings is 1. The second kappa shape index (κ2) is 6.84. The van der Waals surface area contributed by atoms with Gasteiger partial charge in [-0.15, -0.1) is 0 Å². The molecule has 4 nitrogen and oxygen atoms in total. The lowest BCUT2D eigenvalue weighted by molar-refractivity contribution is -0.137. The van der Waals surface area contributed by atoms with Gasteiger partial charge in [0.1, 0.15) is 6.10 Å². The molecule has 1 aromatic heterocycles. The van der Waals surface area contributed by atoms with Gasteiger partial charge < -0.3 is 10.1 Å². The third kappa shape index (κ3) is 3.62. The second-order valence-electron chi connectivity index (χ2n) is 6.51. The van der Waals surface area contributed by atoms with Gasteiger partial charge >= 0.3 is 6.18 Å². The number of aromatic nitrogens is 2. The van der Waals surface area contributed by atoms with Crippen molar-refractivity contribution >= 4 is 10.9 Å². The summed E-state index contributed by atoms with van der Waals surface area (Å²) < 4.78 is 60.5. The highest BCUT2D eigenvalue weighted by molar-refractivity contribution is 5.82. The SMILES string of the molecule is Fc1cc2c(cnn2-c2cccc(C(F)(F)F)c2)cc1OC1CCNCC1. The molecule has 0 unspecified atom stereocenters. The van der Waals surface area contributed by atoms with Crippen molar-refractivity contribution in [3.63, 3.8) is 0 Å². The molecule has 1 aliphatic heterocycles. The zero-order chi connectivity index (χ0) is 19.0. The van der Waals surface area contributed by atoms with E-state index >= 15 is 0 Å². The molecule has 0 aliphatic carbocycles. The first-order chi connectivity index (χ1) is 12.9. The van der Waals surface area contributed by atoms with Crippen molar-refractivity contribution in [3.8, 4) is 11.4 Å². The standard InChI is InChI=1S/C19H17F4N3O/c20-16-10-17-12(8-18(16)27-15-4-6-24-7-5-15)11-25-26(17)14-3-1-2-13(9-14)19(21,22)23/h1-3,8-11,15,24H,4-7H2. The first-order valence-electron chi connectivity index (χ1n) is 8.64. The fourth-order valence-electron chi connectivity index (χ4n) is 3.23. The lowest BCUT2D eigenvalue weighted by Crippen LogP contribution is -2.34. The van der Waals surface area contributed by atoms with E-state index in [1.54, 1.807) is 6.07 Å². The van der Waals surface area contributed by atoms with Gasteiger partial charge in [-0.2, -0.15) is 18.3 Å². The number of rotatable bonds is 3. The maximum absolute atomic E-state index is 14.6. The lowest BCUT2D eigenvalue weighted by atomic mass is 10.1. The molecule has 2 aromatic carbocycles. The molecule has 0 spiro atoms. The van der Waals surface area contributed by atoms with E-state index in [2.05, 4.69) is 10.4 Å². The van der Waals surface area contributed by atoms with Gasteiger partial charge in [0.2, 0.25) is 0 Å². The van der Waals surface area contributed by atoms with E-state index in [4.69, 9.17) is 4.74 Å². The number of halogens is 4. The number of benzene rings is 2. The predicted octanol–water partition coefficient (Wildman–Crippen LogP) is 4.31.